The van der Waals surface area contributed by atoms with Crippen LogP contribution >= 0.6 is 12.6 Å². The van der Waals surface area contributed by atoms with Crippen molar-refractivity contribution in [2.45, 2.75) is 18.8 Å². The van der Waals surface area contributed by atoms with E-state index >= 15 is 0 Å². The van der Waals surface area contributed by atoms with Gasteiger partial charge in [0.05, 0.1) is 0 Å². The third-order valence-corrected chi connectivity index (χ3v) is 2.36. The zero-order valence-electron chi connectivity index (χ0n) is 8.12. The number of nitrogens with one attached hydrogen (secondary N) is 2. The van der Waals surface area contributed by atoms with Crippen LogP contribution in [0, 0.1) is 0 Å². The van der Waals surface area contributed by atoms with Crippen LogP contribution in [0.4, 0.5) is 0 Å². The van der Waals surface area contributed by atoms with Gasteiger partial charge in [0.1, 0.15) is 0 Å². The average Bonchev–Trinajstić information content (AvgIpc) is 2.57. The zero-order valence-corrected chi connectivity index (χ0v) is 9.01. The summed E-state index contributed by atoms with van der Waals surface area (Å²) in [6.07, 6.45) is 0. The summed E-state index contributed by atoms with van der Waals surface area (Å²) in [4.78, 5) is 3.35. The molecule has 0 fully saturated rings. The van der Waals surface area contributed by atoms with Crippen LogP contribution in [0.25, 0.3) is 10.9 Å². The van der Waals surface area contributed by atoms with Crippen molar-refractivity contribution in [3.05, 3.63) is 36.0 Å². The van der Waals surface area contributed by atoms with Crippen molar-refractivity contribution >= 4 is 23.5 Å². The number of para-hydroxylation sites is 1. The molecule has 0 saturated heterocycles. The molecule has 0 spiro atoms. The van der Waals surface area contributed by atoms with E-state index in [2.05, 4.69) is 47.2 Å². The van der Waals surface area contributed by atoms with Gasteiger partial charge in [-0.15, -0.1) is 0 Å². The molecule has 2 nitrogen and oxygen atoms in total. The van der Waals surface area contributed by atoms with Gasteiger partial charge in [0.15, 0.2) is 0 Å². The number of rotatable bonds is 3. The molecule has 0 saturated carbocycles. The maximum Gasteiger partial charge on any atom is 0.0476 e. The van der Waals surface area contributed by atoms with Crippen molar-refractivity contribution in [3.8, 4) is 0 Å². The molecule has 3 heteroatoms. The summed E-state index contributed by atoms with van der Waals surface area (Å²) in [6, 6.07) is 10.5. The molecule has 14 heavy (non-hydrogen) atoms. The third kappa shape index (κ3) is 2.11. The van der Waals surface area contributed by atoms with Crippen LogP contribution < -0.4 is 5.32 Å². The standard InChI is InChI=1S/C11H14N2S/c1-8(14)12-7-10-6-9-4-2-3-5-11(9)13-10/h2-6,8,12-14H,7H2,1H3. The Labute approximate surface area is 89.1 Å². The van der Waals surface area contributed by atoms with E-state index in [9.17, 15) is 0 Å². The fourth-order valence-corrected chi connectivity index (χ4v) is 1.58. The minimum Gasteiger partial charge on any atom is -0.357 e. The summed E-state index contributed by atoms with van der Waals surface area (Å²) >= 11 is 4.27. The van der Waals surface area contributed by atoms with Gasteiger partial charge < -0.3 is 10.3 Å². The highest BCUT2D eigenvalue weighted by molar-refractivity contribution is 7.80. The van der Waals surface area contributed by atoms with Crippen LogP contribution in [0.3, 0.4) is 0 Å². The molecular formula is C11H14N2S. The molecule has 74 valence electrons. The SMILES string of the molecule is CC(S)NCc1cc2ccccc2[nH]1. The van der Waals surface area contributed by atoms with Crippen LogP contribution in [0.5, 0.6) is 0 Å². The molecule has 2 rings (SSSR count). The second kappa shape index (κ2) is 4.07. The zero-order chi connectivity index (χ0) is 9.97. The molecule has 0 amide bonds. The first-order valence-corrected chi connectivity index (χ1v) is 5.25. The number of benzene rings is 1. The molecule has 1 atom stereocenters. The third-order valence-electron chi connectivity index (χ3n) is 2.17. The van der Waals surface area contributed by atoms with Gasteiger partial charge in [0, 0.05) is 23.1 Å². The molecule has 1 aromatic heterocycles. The lowest BCUT2D eigenvalue weighted by Crippen LogP contribution is -2.19. The van der Waals surface area contributed by atoms with Crippen LogP contribution in [0.1, 0.15) is 12.6 Å². The van der Waals surface area contributed by atoms with Gasteiger partial charge in [-0.2, -0.15) is 12.6 Å². The highest BCUT2D eigenvalue weighted by atomic mass is 32.1. The molecule has 1 unspecified atom stereocenters. The average molecular weight is 206 g/mol. The van der Waals surface area contributed by atoms with Gasteiger partial charge in [-0.1, -0.05) is 18.2 Å². The summed E-state index contributed by atoms with van der Waals surface area (Å²) in [5.41, 5.74) is 2.39. The molecule has 0 aliphatic heterocycles. The van der Waals surface area contributed by atoms with Gasteiger partial charge in [-0.3, -0.25) is 0 Å². The number of aromatic nitrogens is 1. The molecule has 1 aromatic carbocycles. The van der Waals surface area contributed by atoms with Gasteiger partial charge >= 0.3 is 0 Å². The van der Waals surface area contributed by atoms with E-state index in [1.54, 1.807) is 0 Å². The Hall–Kier alpha value is -0.930. The second-order valence-electron chi connectivity index (χ2n) is 3.44. The Bertz CT molecular complexity index is 387. The second-order valence-corrected chi connectivity index (χ2v) is 4.21. The minimum atomic E-state index is 0.224. The Kier molecular flexibility index (Phi) is 2.79. The topological polar surface area (TPSA) is 27.8 Å². The molecule has 2 aromatic rings. The molecular weight excluding hydrogens is 192 g/mol. The van der Waals surface area contributed by atoms with Crippen LogP contribution in [-0.2, 0) is 6.54 Å². The Morgan fingerprint density at radius 1 is 1.43 bits per heavy atom. The number of fused-ring (bicyclic) bond motifs is 1. The van der Waals surface area contributed by atoms with E-state index in [1.807, 2.05) is 13.0 Å². The highest BCUT2D eigenvalue weighted by Crippen LogP contribution is 2.14. The lowest BCUT2D eigenvalue weighted by Gasteiger charge is -2.04. The van der Waals surface area contributed by atoms with Crippen LogP contribution in [-0.4, -0.2) is 10.4 Å². The van der Waals surface area contributed by atoms with Crippen molar-refractivity contribution in [2.24, 2.45) is 0 Å². The monoisotopic (exact) mass is 206 g/mol. The summed E-state index contributed by atoms with van der Waals surface area (Å²) in [6.45, 7) is 2.85. The van der Waals surface area contributed by atoms with Crippen molar-refractivity contribution in [1.82, 2.24) is 10.3 Å². The molecule has 0 aliphatic carbocycles. The maximum atomic E-state index is 4.27. The number of thiol groups is 1. The predicted octanol–water partition coefficient (Wildman–Crippen LogP) is 2.53. The minimum absolute atomic E-state index is 0.224. The van der Waals surface area contributed by atoms with Gasteiger partial charge in [-0.25, -0.2) is 0 Å². The number of aromatic amines is 1. The number of hydrogen-bond donors (Lipinski definition) is 3. The van der Waals surface area contributed by atoms with Crippen molar-refractivity contribution < 1.29 is 0 Å². The van der Waals surface area contributed by atoms with E-state index in [1.165, 1.54) is 16.6 Å². The van der Waals surface area contributed by atoms with E-state index in [4.69, 9.17) is 0 Å². The Morgan fingerprint density at radius 2 is 2.21 bits per heavy atom. The molecule has 0 aliphatic rings. The summed E-state index contributed by atoms with van der Waals surface area (Å²) < 4.78 is 0. The highest BCUT2D eigenvalue weighted by Gasteiger charge is 2.00. The van der Waals surface area contributed by atoms with Gasteiger partial charge in [0.25, 0.3) is 0 Å². The van der Waals surface area contributed by atoms with Crippen molar-refractivity contribution in [1.29, 1.82) is 0 Å². The first-order chi connectivity index (χ1) is 6.75. The lowest BCUT2D eigenvalue weighted by molar-refractivity contribution is 0.682. The van der Waals surface area contributed by atoms with E-state index < -0.39 is 0 Å². The predicted molar refractivity (Wildman–Crippen MR) is 63.6 cm³/mol. The van der Waals surface area contributed by atoms with Gasteiger partial charge in [0.2, 0.25) is 0 Å². The van der Waals surface area contributed by atoms with E-state index in [-0.39, 0.29) is 5.37 Å². The van der Waals surface area contributed by atoms with Crippen molar-refractivity contribution in [2.75, 3.05) is 0 Å². The fourth-order valence-electron chi connectivity index (χ4n) is 1.49. The van der Waals surface area contributed by atoms with E-state index in [0.29, 0.717) is 0 Å². The molecule has 2 N–H and O–H groups in total. The lowest BCUT2D eigenvalue weighted by atomic mass is 10.2. The summed E-state index contributed by atoms with van der Waals surface area (Å²) in [5, 5.41) is 4.74. The summed E-state index contributed by atoms with van der Waals surface area (Å²) in [5.74, 6) is 0. The molecule has 0 radical (unpaired) electrons. The first-order valence-electron chi connectivity index (χ1n) is 4.74. The molecule has 1 heterocycles. The largest absolute Gasteiger partial charge is 0.357 e. The Morgan fingerprint density at radius 3 is 2.93 bits per heavy atom. The first kappa shape index (κ1) is 9.62. The van der Waals surface area contributed by atoms with Crippen LogP contribution in [0.2, 0.25) is 0 Å². The number of H-pyrrole nitrogens is 1. The maximum absolute atomic E-state index is 4.27. The van der Waals surface area contributed by atoms with Gasteiger partial charge in [-0.05, 0) is 24.4 Å². The molecule has 0 bridgehead atoms. The Balaban J connectivity index is 2.19. The van der Waals surface area contributed by atoms with Crippen LogP contribution in [0.15, 0.2) is 30.3 Å². The smallest absolute Gasteiger partial charge is 0.0476 e. The number of hydrogen-bond acceptors (Lipinski definition) is 2. The van der Waals surface area contributed by atoms with Crippen molar-refractivity contribution in [3.63, 3.8) is 0 Å². The summed E-state index contributed by atoms with van der Waals surface area (Å²) in [7, 11) is 0. The normalized spacial score (nSPS) is 13.3. The quantitative estimate of drug-likeness (QED) is 0.522. The fraction of sp³-hybridized carbons (Fsp3) is 0.273. The van der Waals surface area contributed by atoms with E-state index in [0.717, 1.165) is 6.54 Å².